The summed E-state index contributed by atoms with van der Waals surface area (Å²) in [5.74, 6) is 0. The molecule has 0 aliphatic carbocycles. The Bertz CT molecular complexity index is 89.6. The number of nitrogens with one attached hydrogen (secondary N) is 3. The zero-order valence-corrected chi connectivity index (χ0v) is 6.15. The van der Waals surface area contributed by atoms with E-state index in [1.165, 1.54) is 0 Å². The van der Waals surface area contributed by atoms with Crippen LogP contribution in [0.2, 0.25) is 0 Å². The maximum absolute atomic E-state index is 2.97. The molecule has 0 atom stereocenters. The van der Waals surface area contributed by atoms with Crippen molar-refractivity contribution in [1.82, 2.24) is 21.5 Å². The van der Waals surface area contributed by atoms with Crippen LogP contribution in [0.3, 0.4) is 0 Å². The smallest absolute Gasteiger partial charge is 0.0784 e. The van der Waals surface area contributed by atoms with E-state index in [0.29, 0.717) is 0 Å². The zero-order chi connectivity index (χ0) is 6.91. The van der Waals surface area contributed by atoms with Gasteiger partial charge in [-0.25, -0.2) is 10.4 Å². The van der Waals surface area contributed by atoms with E-state index in [4.69, 9.17) is 0 Å². The van der Waals surface area contributed by atoms with Crippen molar-refractivity contribution >= 4 is 0 Å². The van der Waals surface area contributed by atoms with Crippen LogP contribution in [0.4, 0.5) is 0 Å². The maximum Gasteiger partial charge on any atom is 0.0784 e. The maximum atomic E-state index is 2.97. The van der Waals surface area contributed by atoms with E-state index in [0.717, 1.165) is 6.67 Å². The first-order chi connectivity index (χ1) is 4.11. The first-order valence-corrected chi connectivity index (χ1v) is 3.12. The van der Waals surface area contributed by atoms with Crippen molar-refractivity contribution in [3.05, 3.63) is 0 Å². The van der Waals surface area contributed by atoms with Crippen LogP contribution < -0.4 is 16.5 Å². The summed E-state index contributed by atoms with van der Waals surface area (Å²) in [4.78, 5) is 0. The average Bonchev–Trinajstić information content (AvgIpc) is 2.08. The van der Waals surface area contributed by atoms with Crippen LogP contribution >= 0.6 is 0 Å². The van der Waals surface area contributed by atoms with Gasteiger partial charge >= 0.3 is 0 Å². The predicted octanol–water partition coefficient (Wildman–Crippen LogP) is -0.428. The van der Waals surface area contributed by atoms with Crippen molar-refractivity contribution in [3.63, 3.8) is 0 Å². The molecule has 4 heteroatoms. The Hall–Kier alpha value is -0.160. The highest BCUT2D eigenvalue weighted by Crippen LogP contribution is 2.08. The molecule has 1 heterocycles. The van der Waals surface area contributed by atoms with Gasteiger partial charge in [0.2, 0.25) is 0 Å². The van der Waals surface area contributed by atoms with Crippen molar-refractivity contribution in [2.75, 3.05) is 6.67 Å². The number of rotatable bonds is 0. The Morgan fingerprint density at radius 1 is 1.33 bits per heavy atom. The number of hydrogen-bond acceptors (Lipinski definition) is 4. The van der Waals surface area contributed by atoms with E-state index in [-0.39, 0.29) is 5.54 Å². The van der Waals surface area contributed by atoms with E-state index < -0.39 is 0 Å². The lowest BCUT2D eigenvalue weighted by molar-refractivity contribution is 0.103. The topological polar surface area (TPSA) is 39.3 Å². The lowest BCUT2D eigenvalue weighted by Gasteiger charge is -2.28. The second kappa shape index (κ2) is 2.22. The van der Waals surface area contributed by atoms with Gasteiger partial charge in [-0.05, 0) is 20.8 Å². The Balaban J connectivity index is 2.42. The van der Waals surface area contributed by atoms with Gasteiger partial charge < -0.3 is 0 Å². The fourth-order valence-electron chi connectivity index (χ4n) is 0.670. The monoisotopic (exact) mass is 130 g/mol. The highest BCUT2D eigenvalue weighted by atomic mass is 15.9. The summed E-state index contributed by atoms with van der Waals surface area (Å²) in [6.45, 7) is 7.28. The molecule has 1 aliphatic heterocycles. The molecule has 0 aromatic carbocycles. The van der Waals surface area contributed by atoms with E-state index >= 15 is 0 Å². The summed E-state index contributed by atoms with van der Waals surface area (Å²) in [7, 11) is 0. The third kappa shape index (κ3) is 1.62. The van der Waals surface area contributed by atoms with Crippen molar-refractivity contribution in [2.24, 2.45) is 0 Å². The normalized spacial score (nSPS) is 23.0. The third-order valence-electron chi connectivity index (χ3n) is 1.33. The van der Waals surface area contributed by atoms with E-state index in [1.807, 2.05) is 0 Å². The summed E-state index contributed by atoms with van der Waals surface area (Å²) >= 11 is 0. The second-order valence-electron chi connectivity index (χ2n) is 3.17. The molecule has 1 aliphatic rings. The van der Waals surface area contributed by atoms with Crippen LogP contribution in [0.1, 0.15) is 20.8 Å². The zero-order valence-electron chi connectivity index (χ0n) is 6.15. The van der Waals surface area contributed by atoms with Crippen LogP contribution in [-0.4, -0.2) is 17.2 Å². The largest absolute Gasteiger partial charge is 0.227 e. The molecule has 0 amide bonds. The number of hydrogen-bond donors (Lipinski definition) is 3. The van der Waals surface area contributed by atoms with Gasteiger partial charge in [-0.2, -0.15) is 11.1 Å². The summed E-state index contributed by atoms with van der Waals surface area (Å²) in [6, 6.07) is 0. The molecular formula is C5H14N4. The minimum absolute atomic E-state index is 0.177. The van der Waals surface area contributed by atoms with E-state index in [9.17, 15) is 0 Å². The molecule has 0 unspecified atom stereocenters. The number of nitrogens with zero attached hydrogens (tertiary/aromatic N) is 1. The molecule has 4 nitrogen and oxygen atoms in total. The fraction of sp³-hybridized carbons (Fsp3) is 1.00. The van der Waals surface area contributed by atoms with Crippen LogP contribution in [-0.2, 0) is 0 Å². The molecule has 0 saturated carbocycles. The summed E-state index contributed by atoms with van der Waals surface area (Å²) < 4.78 is 0. The molecule has 1 saturated heterocycles. The SMILES string of the molecule is CC(C)(C)N1CNNN1. The first-order valence-electron chi connectivity index (χ1n) is 3.12. The molecule has 0 aromatic rings. The third-order valence-corrected chi connectivity index (χ3v) is 1.33. The van der Waals surface area contributed by atoms with Crippen LogP contribution in [0.15, 0.2) is 0 Å². The van der Waals surface area contributed by atoms with Crippen molar-refractivity contribution in [2.45, 2.75) is 26.3 Å². The van der Waals surface area contributed by atoms with Crippen molar-refractivity contribution < 1.29 is 0 Å². The van der Waals surface area contributed by atoms with Gasteiger partial charge in [0.05, 0.1) is 6.67 Å². The molecule has 1 fully saturated rings. The van der Waals surface area contributed by atoms with Gasteiger partial charge in [0.15, 0.2) is 0 Å². The Kier molecular flexibility index (Phi) is 1.72. The van der Waals surface area contributed by atoms with Crippen molar-refractivity contribution in [3.8, 4) is 0 Å². The lowest BCUT2D eigenvalue weighted by atomic mass is 10.1. The van der Waals surface area contributed by atoms with Crippen LogP contribution in [0.5, 0.6) is 0 Å². The second-order valence-corrected chi connectivity index (χ2v) is 3.17. The summed E-state index contributed by atoms with van der Waals surface area (Å²) in [5.41, 5.74) is 8.89. The first kappa shape index (κ1) is 6.95. The van der Waals surface area contributed by atoms with E-state index in [1.54, 1.807) is 0 Å². The lowest BCUT2D eigenvalue weighted by Crippen LogP contribution is -2.48. The predicted molar refractivity (Wildman–Crippen MR) is 35.9 cm³/mol. The average molecular weight is 130 g/mol. The van der Waals surface area contributed by atoms with Gasteiger partial charge in [-0.3, -0.25) is 0 Å². The molecule has 54 valence electrons. The Morgan fingerprint density at radius 3 is 2.22 bits per heavy atom. The molecule has 0 spiro atoms. The van der Waals surface area contributed by atoms with Gasteiger partial charge in [-0.1, -0.05) is 0 Å². The standard InChI is InChI=1S/C5H14N4/c1-5(2,3)9-4-6-7-8-9/h6-8H,4H2,1-3H3. The molecule has 9 heavy (non-hydrogen) atoms. The Labute approximate surface area is 55.5 Å². The highest BCUT2D eigenvalue weighted by molar-refractivity contribution is 4.72. The minimum atomic E-state index is 0.177. The van der Waals surface area contributed by atoms with Gasteiger partial charge in [0, 0.05) is 5.54 Å². The van der Waals surface area contributed by atoms with Gasteiger partial charge in [-0.15, -0.1) is 0 Å². The van der Waals surface area contributed by atoms with Gasteiger partial charge in [0.1, 0.15) is 0 Å². The molecule has 0 aromatic heterocycles. The summed E-state index contributed by atoms with van der Waals surface area (Å²) in [5, 5.41) is 2.08. The minimum Gasteiger partial charge on any atom is -0.227 e. The van der Waals surface area contributed by atoms with Gasteiger partial charge in [0.25, 0.3) is 0 Å². The number of hydrazine groups is 3. The summed E-state index contributed by atoms with van der Waals surface area (Å²) in [6.07, 6.45) is 0. The highest BCUT2D eigenvalue weighted by Gasteiger charge is 2.23. The fourth-order valence-corrected chi connectivity index (χ4v) is 0.670. The van der Waals surface area contributed by atoms with Crippen LogP contribution in [0, 0.1) is 0 Å². The Morgan fingerprint density at radius 2 is 2.00 bits per heavy atom. The quantitative estimate of drug-likeness (QED) is 0.416. The van der Waals surface area contributed by atoms with Crippen molar-refractivity contribution in [1.29, 1.82) is 0 Å². The van der Waals surface area contributed by atoms with E-state index in [2.05, 4.69) is 42.3 Å². The molecule has 0 radical (unpaired) electrons. The molecule has 3 N–H and O–H groups in total. The van der Waals surface area contributed by atoms with Crippen LogP contribution in [0.25, 0.3) is 0 Å². The molecular weight excluding hydrogens is 116 g/mol. The molecule has 0 bridgehead atoms. The molecule has 1 rings (SSSR count).